The molecular formula is C24H20S. The highest BCUT2D eigenvalue weighted by molar-refractivity contribution is 8.00. The summed E-state index contributed by atoms with van der Waals surface area (Å²) in [6, 6.07) is 29.0. The van der Waals surface area contributed by atoms with Crippen LogP contribution in [-0.4, -0.2) is 6.26 Å². The topological polar surface area (TPSA) is 0 Å². The summed E-state index contributed by atoms with van der Waals surface area (Å²) in [6.07, 6.45) is 4.54. The number of thioether (sulfide) groups is 1. The van der Waals surface area contributed by atoms with Gasteiger partial charge in [-0.3, -0.25) is 0 Å². The first-order chi connectivity index (χ1) is 12.4. The normalized spacial score (nSPS) is 20.8. The molecule has 122 valence electrons. The van der Waals surface area contributed by atoms with Gasteiger partial charge in [-0.15, -0.1) is 11.8 Å². The molecule has 3 aromatic carbocycles. The average molecular weight is 340 g/mol. The summed E-state index contributed by atoms with van der Waals surface area (Å²) in [5, 5.41) is 0. The number of hydrogen-bond donors (Lipinski definition) is 0. The van der Waals surface area contributed by atoms with Crippen LogP contribution in [0.15, 0.2) is 84.4 Å². The molecule has 0 amide bonds. The SMILES string of the molecule is CSC1(c2ccccc2)C2=C(c3ccccc3CC2)c2ccccc21. The van der Waals surface area contributed by atoms with Crippen LogP contribution in [0.1, 0.15) is 34.2 Å². The Morgan fingerprint density at radius 1 is 0.720 bits per heavy atom. The molecule has 0 bridgehead atoms. The first-order valence-corrected chi connectivity index (χ1v) is 10.1. The maximum absolute atomic E-state index is 2.33. The summed E-state index contributed by atoms with van der Waals surface area (Å²) in [5.74, 6) is 0. The molecule has 0 nitrogen and oxygen atoms in total. The molecule has 0 N–H and O–H groups in total. The summed E-state index contributed by atoms with van der Waals surface area (Å²) in [6.45, 7) is 0. The molecule has 3 aromatic rings. The van der Waals surface area contributed by atoms with E-state index in [2.05, 4.69) is 85.1 Å². The minimum atomic E-state index is -0.0548. The van der Waals surface area contributed by atoms with Gasteiger partial charge in [-0.2, -0.15) is 0 Å². The highest BCUT2D eigenvalue weighted by Crippen LogP contribution is 2.60. The van der Waals surface area contributed by atoms with E-state index in [4.69, 9.17) is 0 Å². The zero-order valence-electron chi connectivity index (χ0n) is 14.3. The van der Waals surface area contributed by atoms with E-state index in [0.717, 1.165) is 12.8 Å². The molecule has 1 heteroatoms. The van der Waals surface area contributed by atoms with Crippen molar-refractivity contribution in [3.63, 3.8) is 0 Å². The van der Waals surface area contributed by atoms with Gasteiger partial charge in [0, 0.05) is 0 Å². The van der Waals surface area contributed by atoms with Crippen LogP contribution in [0.5, 0.6) is 0 Å². The van der Waals surface area contributed by atoms with E-state index in [1.807, 2.05) is 11.8 Å². The lowest BCUT2D eigenvalue weighted by Crippen LogP contribution is -2.25. The Hall–Kier alpha value is -2.25. The van der Waals surface area contributed by atoms with Crippen molar-refractivity contribution < 1.29 is 0 Å². The van der Waals surface area contributed by atoms with Crippen LogP contribution in [0.2, 0.25) is 0 Å². The van der Waals surface area contributed by atoms with Crippen LogP contribution in [0.25, 0.3) is 5.57 Å². The predicted octanol–water partition coefficient (Wildman–Crippen LogP) is 6.05. The average Bonchev–Trinajstić information content (AvgIpc) is 3.00. The van der Waals surface area contributed by atoms with Gasteiger partial charge in [0.2, 0.25) is 0 Å². The van der Waals surface area contributed by atoms with Crippen LogP contribution >= 0.6 is 11.8 Å². The van der Waals surface area contributed by atoms with E-state index in [-0.39, 0.29) is 4.75 Å². The molecule has 0 radical (unpaired) electrons. The first kappa shape index (κ1) is 15.0. The fourth-order valence-corrected chi connectivity index (χ4v) is 5.93. The Morgan fingerprint density at radius 3 is 2.20 bits per heavy atom. The summed E-state index contributed by atoms with van der Waals surface area (Å²) in [7, 11) is 0. The zero-order chi connectivity index (χ0) is 16.9. The molecule has 0 spiro atoms. The summed E-state index contributed by atoms with van der Waals surface area (Å²) >= 11 is 1.98. The van der Waals surface area contributed by atoms with E-state index in [9.17, 15) is 0 Å². The minimum Gasteiger partial charge on any atom is -0.144 e. The van der Waals surface area contributed by atoms with Crippen molar-refractivity contribution in [1.29, 1.82) is 0 Å². The van der Waals surface area contributed by atoms with E-state index < -0.39 is 0 Å². The van der Waals surface area contributed by atoms with Crippen LogP contribution in [0.4, 0.5) is 0 Å². The van der Waals surface area contributed by atoms with Gasteiger partial charge in [-0.25, -0.2) is 0 Å². The van der Waals surface area contributed by atoms with Gasteiger partial charge < -0.3 is 0 Å². The highest BCUT2D eigenvalue weighted by atomic mass is 32.2. The highest BCUT2D eigenvalue weighted by Gasteiger charge is 2.47. The third-order valence-electron chi connectivity index (χ3n) is 5.72. The Bertz CT molecular complexity index is 984. The summed E-state index contributed by atoms with van der Waals surface area (Å²) < 4.78 is -0.0548. The van der Waals surface area contributed by atoms with Gasteiger partial charge in [-0.1, -0.05) is 78.9 Å². The van der Waals surface area contributed by atoms with E-state index in [1.54, 1.807) is 5.57 Å². The molecule has 2 aliphatic rings. The van der Waals surface area contributed by atoms with Crippen molar-refractivity contribution in [2.75, 3.05) is 6.26 Å². The predicted molar refractivity (Wildman–Crippen MR) is 108 cm³/mol. The quantitative estimate of drug-likeness (QED) is 0.547. The lowest BCUT2D eigenvalue weighted by atomic mass is 9.80. The third kappa shape index (κ3) is 1.96. The van der Waals surface area contributed by atoms with Crippen LogP contribution in [-0.2, 0) is 11.2 Å². The summed E-state index contributed by atoms with van der Waals surface area (Å²) in [5.41, 5.74) is 10.3. The van der Waals surface area contributed by atoms with Crippen molar-refractivity contribution >= 4 is 17.3 Å². The lowest BCUT2D eigenvalue weighted by molar-refractivity contribution is 0.792. The van der Waals surface area contributed by atoms with Gasteiger partial charge in [0.15, 0.2) is 0 Å². The third-order valence-corrected chi connectivity index (χ3v) is 7.03. The Morgan fingerprint density at radius 2 is 1.40 bits per heavy atom. The smallest absolute Gasteiger partial charge is 0.0879 e. The van der Waals surface area contributed by atoms with E-state index in [0.29, 0.717) is 0 Å². The molecule has 0 aliphatic heterocycles. The molecule has 1 atom stereocenters. The molecule has 25 heavy (non-hydrogen) atoms. The van der Waals surface area contributed by atoms with Crippen LogP contribution in [0, 0.1) is 0 Å². The van der Waals surface area contributed by atoms with Gasteiger partial charge in [0.1, 0.15) is 0 Å². The monoisotopic (exact) mass is 340 g/mol. The molecular weight excluding hydrogens is 320 g/mol. The molecule has 1 unspecified atom stereocenters. The van der Waals surface area contributed by atoms with Gasteiger partial charge in [0.05, 0.1) is 4.75 Å². The number of aryl methyl sites for hydroxylation is 1. The van der Waals surface area contributed by atoms with E-state index >= 15 is 0 Å². The fourth-order valence-electron chi connectivity index (χ4n) is 4.71. The molecule has 0 saturated heterocycles. The maximum Gasteiger partial charge on any atom is 0.0879 e. The summed E-state index contributed by atoms with van der Waals surface area (Å²) in [4.78, 5) is 0. The molecule has 0 fully saturated rings. The van der Waals surface area contributed by atoms with Crippen molar-refractivity contribution in [2.24, 2.45) is 0 Å². The minimum absolute atomic E-state index is 0.0548. The van der Waals surface area contributed by atoms with Crippen molar-refractivity contribution in [2.45, 2.75) is 17.6 Å². The molecule has 0 heterocycles. The standard InChI is InChI=1S/C24H20S/c1-25-24(18-10-3-2-4-11-18)21-14-8-7-13-20(21)23-19-12-6-5-9-17(19)15-16-22(23)24/h2-14H,15-16H2,1H3. The lowest BCUT2D eigenvalue weighted by Gasteiger charge is -2.34. The second-order valence-electron chi connectivity index (χ2n) is 6.81. The zero-order valence-corrected chi connectivity index (χ0v) is 15.1. The molecule has 2 aliphatic carbocycles. The van der Waals surface area contributed by atoms with Gasteiger partial charge in [-0.05, 0) is 58.1 Å². The molecule has 5 rings (SSSR count). The van der Waals surface area contributed by atoms with Crippen LogP contribution in [0.3, 0.4) is 0 Å². The van der Waals surface area contributed by atoms with Gasteiger partial charge in [0.25, 0.3) is 0 Å². The second kappa shape index (κ2) is 5.64. The molecule has 0 saturated carbocycles. The maximum atomic E-state index is 2.33. The van der Waals surface area contributed by atoms with Gasteiger partial charge >= 0.3 is 0 Å². The number of hydrogen-bond acceptors (Lipinski definition) is 1. The van der Waals surface area contributed by atoms with Crippen molar-refractivity contribution in [3.8, 4) is 0 Å². The Labute approximate surface area is 153 Å². The van der Waals surface area contributed by atoms with Crippen molar-refractivity contribution in [1.82, 2.24) is 0 Å². The number of fused-ring (bicyclic) bond motifs is 4. The number of rotatable bonds is 2. The van der Waals surface area contributed by atoms with Crippen molar-refractivity contribution in [3.05, 3.63) is 112 Å². The largest absolute Gasteiger partial charge is 0.144 e. The fraction of sp³-hybridized carbons (Fsp3) is 0.167. The molecule has 0 aromatic heterocycles. The van der Waals surface area contributed by atoms with E-state index in [1.165, 1.54) is 33.4 Å². The van der Waals surface area contributed by atoms with Crippen LogP contribution < -0.4 is 0 Å². The second-order valence-corrected chi connectivity index (χ2v) is 7.83. The number of benzene rings is 3. The first-order valence-electron chi connectivity index (χ1n) is 8.88. The Balaban J connectivity index is 1.88. The Kier molecular flexibility index (Phi) is 3.39.